The molecule has 0 fully saturated rings. The number of hydrogen-bond acceptors (Lipinski definition) is 4. The van der Waals surface area contributed by atoms with E-state index in [0.29, 0.717) is 6.42 Å². The summed E-state index contributed by atoms with van der Waals surface area (Å²) in [6.45, 7) is 4.47. The largest absolute Gasteiger partial charge is 0.396 e. The van der Waals surface area contributed by atoms with Gasteiger partial charge in [0.05, 0.1) is 5.69 Å². The average molecular weight is 288 g/mol. The van der Waals surface area contributed by atoms with Gasteiger partial charge in [0, 0.05) is 18.4 Å². The number of rotatable bonds is 8. The van der Waals surface area contributed by atoms with Crippen molar-refractivity contribution in [1.29, 1.82) is 0 Å². The van der Waals surface area contributed by atoms with E-state index < -0.39 is 0 Å². The van der Waals surface area contributed by atoms with Gasteiger partial charge < -0.3 is 5.11 Å². The van der Waals surface area contributed by atoms with E-state index in [9.17, 15) is 5.11 Å². The van der Waals surface area contributed by atoms with E-state index in [1.54, 1.807) is 4.68 Å². The van der Waals surface area contributed by atoms with E-state index in [4.69, 9.17) is 0 Å². The lowest BCUT2D eigenvalue weighted by atomic mass is 9.78. The molecular weight excluding hydrogens is 264 g/mol. The quantitative estimate of drug-likeness (QED) is 0.811. The molecule has 0 bridgehead atoms. The van der Waals surface area contributed by atoms with Gasteiger partial charge in [-0.3, -0.25) is 0 Å². The first-order valence-electron chi connectivity index (χ1n) is 7.68. The highest BCUT2D eigenvalue weighted by Crippen LogP contribution is 2.32. The van der Waals surface area contributed by atoms with Crippen LogP contribution in [-0.2, 0) is 6.42 Å². The minimum Gasteiger partial charge on any atom is -0.396 e. The standard InChI is InChI=1S/C16H24N4O/c1-3-5-11-16(4-2,13-21)12-15-17-18-19-20(15)14-9-7-6-8-10-14/h6-10,21H,3-5,11-13H2,1-2H3. The monoisotopic (exact) mass is 288 g/mol. The Balaban J connectivity index is 2.24. The van der Waals surface area contributed by atoms with Crippen LogP contribution in [0, 0.1) is 5.41 Å². The van der Waals surface area contributed by atoms with Gasteiger partial charge in [0.2, 0.25) is 0 Å². The lowest BCUT2D eigenvalue weighted by Crippen LogP contribution is -2.29. The molecule has 0 aliphatic carbocycles. The average Bonchev–Trinajstić information content (AvgIpc) is 3.00. The van der Waals surface area contributed by atoms with Crippen molar-refractivity contribution in [2.75, 3.05) is 6.61 Å². The molecular formula is C16H24N4O. The predicted octanol–water partition coefficient (Wildman–Crippen LogP) is 2.78. The van der Waals surface area contributed by atoms with Crippen molar-refractivity contribution in [2.45, 2.75) is 46.0 Å². The Morgan fingerprint density at radius 2 is 1.95 bits per heavy atom. The van der Waals surface area contributed by atoms with E-state index in [0.717, 1.165) is 37.2 Å². The van der Waals surface area contributed by atoms with E-state index in [2.05, 4.69) is 29.4 Å². The SMILES string of the molecule is CCCCC(CC)(CO)Cc1nnnn1-c1ccccc1. The van der Waals surface area contributed by atoms with Crippen LogP contribution < -0.4 is 0 Å². The van der Waals surface area contributed by atoms with Gasteiger partial charge in [-0.2, -0.15) is 4.68 Å². The van der Waals surface area contributed by atoms with E-state index in [1.807, 2.05) is 30.3 Å². The Labute approximate surface area is 126 Å². The molecule has 1 atom stereocenters. The summed E-state index contributed by atoms with van der Waals surface area (Å²) in [5.74, 6) is 0.813. The van der Waals surface area contributed by atoms with Crippen molar-refractivity contribution >= 4 is 0 Å². The van der Waals surface area contributed by atoms with Gasteiger partial charge in [0.1, 0.15) is 0 Å². The highest BCUT2D eigenvalue weighted by Gasteiger charge is 2.29. The number of unbranched alkanes of at least 4 members (excludes halogenated alkanes) is 1. The van der Waals surface area contributed by atoms with Crippen LogP contribution in [0.2, 0.25) is 0 Å². The minimum absolute atomic E-state index is 0.128. The van der Waals surface area contributed by atoms with Crippen LogP contribution in [0.25, 0.3) is 5.69 Å². The molecule has 0 aliphatic rings. The maximum absolute atomic E-state index is 9.89. The minimum atomic E-state index is -0.128. The molecule has 5 nitrogen and oxygen atoms in total. The lowest BCUT2D eigenvalue weighted by Gasteiger charge is -2.30. The second-order valence-corrected chi connectivity index (χ2v) is 5.63. The maximum atomic E-state index is 9.89. The Hall–Kier alpha value is -1.75. The molecule has 0 amide bonds. The van der Waals surface area contributed by atoms with Crippen molar-refractivity contribution in [3.05, 3.63) is 36.2 Å². The molecule has 0 radical (unpaired) electrons. The van der Waals surface area contributed by atoms with Crippen molar-refractivity contribution in [3.8, 4) is 5.69 Å². The van der Waals surface area contributed by atoms with Gasteiger partial charge >= 0.3 is 0 Å². The Morgan fingerprint density at radius 3 is 2.57 bits per heavy atom. The summed E-state index contributed by atoms with van der Waals surface area (Å²) >= 11 is 0. The number of aliphatic hydroxyl groups is 1. The molecule has 0 saturated heterocycles. The first-order valence-corrected chi connectivity index (χ1v) is 7.68. The molecule has 0 saturated carbocycles. The number of para-hydroxylation sites is 1. The van der Waals surface area contributed by atoms with Crippen LogP contribution in [0.1, 0.15) is 45.4 Å². The summed E-state index contributed by atoms with van der Waals surface area (Å²) in [6.07, 6.45) is 4.86. The van der Waals surface area contributed by atoms with Gasteiger partial charge in [-0.25, -0.2) is 0 Å². The molecule has 0 aliphatic heterocycles. The van der Waals surface area contributed by atoms with Crippen LogP contribution in [0.5, 0.6) is 0 Å². The lowest BCUT2D eigenvalue weighted by molar-refractivity contribution is 0.104. The molecule has 1 unspecified atom stereocenters. The molecule has 1 aromatic carbocycles. The van der Waals surface area contributed by atoms with Crippen molar-refractivity contribution in [1.82, 2.24) is 20.2 Å². The predicted molar refractivity (Wildman–Crippen MR) is 82.2 cm³/mol. The third-order valence-corrected chi connectivity index (χ3v) is 4.21. The molecule has 5 heteroatoms. The second kappa shape index (κ2) is 7.31. The number of aliphatic hydroxyl groups excluding tert-OH is 1. The number of nitrogens with zero attached hydrogens (tertiary/aromatic N) is 4. The summed E-state index contributed by atoms with van der Waals surface area (Å²) in [6, 6.07) is 9.88. The van der Waals surface area contributed by atoms with Crippen LogP contribution >= 0.6 is 0 Å². The van der Waals surface area contributed by atoms with Crippen LogP contribution in [0.4, 0.5) is 0 Å². The maximum Gasteiger partial charge on any atom is 0.157 e. The van der Waals surface area contributed by atoms with Crippen molar-refractivity contribution < 1.29 is 5.11 Å². The summed E-state index contributed by atoms with van der Waals surface area (Å²) in [7, 11) is 0. The Bertz CT molecular complexity index is 534. The molecule has 1 N–H and O–H groups in total. The van der Waals surface area contributed by atoms with E-state index >= 15 is 0 Å². The van der Waals surface area contributed by atoms with Gasteiger partial charge in [0.25, 0.3) is 0 Å². The first kappa shape index (κ1) is 15.6. The van der Waals surface area contributed by atoms with E-state index in [1.165, 1.54) is 0 Å². The molecule has 114 valence electrons. The molecule has 21 heavy (non-hydrogen) atoms. The van der Waals surface area contributed by atoms with Crippen LogP contribution in [-0.4, -0.2) is 31.9 Å². The first-order chi connectivity index (χ1) is 10.2. The van der Waals surface area contributed by atoms with Crippen molar-refractivity contribution in [2.24, 2.45) is 5.41 Å². The summed E-state index contributed by atoms with van der Waals surface area (Å²) < 4.78 is 1.77. The van der Waals surface area contributed by atoms with Crippen molar-refractivity contribution in [3.63, 3.8) is 0 Å². The fraction of sp³-hybridized carbons (Fsp3) is 0.562. The fourth-order valence-electron chi connectivity index (χ4n) is 2.61. The molecule has 1 aromatic heterocycles. The molecule has 2 aromatic rings. The molecule has 1 heterocycles. The molecule has 0 spiro atoms. The number of benzene rings is 1. The zero-order chi connectivity index (χ0) is 15.1. The smallest absolute Gasteiger partial charge is 0.157 e. The summed E-state index contributed by atoms with van der Waals surface area (Å²) in [5.41, 5.74) is 0.827. The fourth-order valence-corrected chi connectivity index (χ4v) is 2.61. The second-order valence-electron chi connectivity index (χ2n) is 5.63. The summed E-state index contributed by atoms with van der Waals surface area (Å²) in [4.78, 5) is 0. The normalized spacial score (nSPS) is 14.0. The number of hydrogen-bond donors (Lipinski definition) is 1. The van der Waals surface area contributed by atoms with Gasteiger partial charge in [0.15, 0.2) is 5.82 Å². The van der Waals surface area contributed by atoms with Gasteiger partial charge in [-0.1, -0.05) is 44.9 Å². The van der Waals surface area contributed by atoms with Gasteiger partial charge in [-0.15, -0.1) is 5.10 Å². The highest BCUT2D eigenvalue weighted by atomic mass is 16.3. The zero-order valence-electron chi connectivity index (χ0n) is 12.9. The van der Waals surface area contributed by atoms with Crippen LogP contribution in [0.3, 0.4) is 0 Å². The molecule has 2 rings (SSSR count). The number of tetrazole rings is 1. The van der Waals surface area contributed by atoms with Crippen LogP contribution in [0.15, 0.2) is 30.3 Å². The Morgan fingerprint density at radius 1 is 1.19 bits per heavy atom. The number of aromatic nitrogens is 4. The highest BCUT2D eigenvalue weighted by molar-refractivity contribution is 5.30. The Kier molecular flexibility index (Phi) is 5.44. The third kappa shape index (κ3) is 3.67. The topological polar surface area (TPSA) is 63.8 Å². The summed E-state index contributed by atoms with van der Waals surface area (Å²) in [5, 5.41) is 22.0. The zero-order valence-corrected chi connectivity index (χ0v) is 12.9. The van der Waals surface area contributed by atoms with E-state index in [-0.39, 0.29) is 12.0 Å². The third-order valence-electron chi connectivity index (χ3n) is 4.21. The van der Waals surface area contributed by atoms with Gasteiger partial charge in [-0.05, 0) is 35.4 Å².